The molecule has 7 nitrogen and oxygen atoms in total. The predicted octanol–water partition coefficient (Wildman–Crippen LogP) is 2.78. The van der Waals surface area contributed by atoms with E-state index in [-0.39, 0.29) is 11.5 Å². The van der Waals surface area contributed by atoms with Gasteiger partial charge in [0.05, 0.1) is 5.69 Å². The number of aromatic nitrogens is 3. The van der Waals surface area contributed by atoms with Gasteiger partial charge in [-0.2, -0.15) is 0 Å². The van der Waals surface area contributed by atoms with Crippen molar-refractivity contribution >= 4 is 11.7 Å². The highest BCUT2D eigenvalue weighted by molar-refractivity contribution is 5.76. The lowest BCUT2D eigenvalue weighted by Crippen LogP contribution is -2.49. The second-order valence-electron chi connectivity index (χ2n) is 8.06. The Kier molecular flexibility index (Phi) is 6.21. The van der Waals surface area contributed by atoms with E-state index in [1.165, 1.54) is 5.56 Å². The first kappa shape index (κ1) is 20.9. The summed E-state index contributed by atoms with van der Waals surface area (Å²) in [4.78, 5) is 33.8. The third kappa shape index (κ3) is 4.71. The Morgan fingerprint density at radius 3 is 2.45 bits per heavy atom. The number of benzene rings is 1. The zero-order valence-corrected chi connectivity index (χ0v) is 18.2. The van der Waals surface area contributed by atoms with Gasteiger partial charge in [-0.1, -0.05) is 18.2 Å². The smallest absolute Gasteiger partial charge is 0.267 e. The van der Waals surface area contributed by atoms with Gasteiger partial charge in [0.25, 0.3) is 5.56 Å². The molecule has 2 aromatic heterocycles. The van der Waals surface area contributed by atoms with Crippen LogP contribution in [0, 0.1) is 13.8 Å². The van der Waals surface area contributed by atoms with Crippen molar-refractivity contribution in [3.63, 3.8) is 0 Å². The summed E-state index contributed by atoms with van der Waals surface area (Å²) >= 11 is 0. The molecule has 7 heteroatoms. The summed E-state index contributed by atoms with van der Waals surface area (Å²) in [5.74, 6) is 1.13. The number of carbonyl (C=O) groups excluding carboxylic acids is 1. The molecule has 3 aromatic rings. The van der Waals surface area contributed by atoms with Gasteiger partial charge in [-0.3, -0.25) is 14.3 Å². The maximum absolute atomic E-state index is 12.7. The average molecular weight is 420 g/mol. The largest absolute Gasteiger partial charge is 0.353 e. The molecule has 4 rings (SSSR count). The summed E-state index contributed by atoms with van der Waals surface area (Å²) in [5.41, 5.74) is 3.00. The van der Waals surface area contributed by atoms with Gasteiger partial charge in [0.15, 0.2) is 0 Å². The molecule has 0 saturated carbocycles. The van der Waals surface area contributed by atoms with Crippen LogP contribution in [0.3, 0.4) is 0 Å². The van der Waals surface area contributed by atoms with E-state index in [2.05, 4.69) is 22.9 Å². The monoisotopic (exact) mass is 419 g/mol. The van der Waals surface area contributed by atoms with Crippen LogP contribution in [0.15, 0.2) is 59.5 Å². The molecule has 1 aliphatic heterocycles. The normalized spacial score (nSPS) is 14.1. The van der Waals surface area contributed by atoms with Crippen molar-refractivity contribution in [1.82, 2.24) is 19.2 Å². The summed E-state index contributed by atoms with van der Waals surface area (Å²) in [5, 5.41) is 0. The van der Waals surface area contributed by atoms with Gasteiger partial charge in [-0.25, -0.2) is 9.67 Å². The van der Waals surface area contributed by atoms with E-state index in [1.807, 2.05) is 59.1 Å². The van der Waals surface area contributed by atoms with E-state index in [0.29, 0.717) is 32.5 Å². The Morgan fingerprint density at radius 1 is 1.00 bits per heavy atom. The number of hydrogen-bond donors (Lipinski definition) is 0. The minimum Gasteiger partial charge on any atom is -0.353 e. The SMILES string of the molecule is Cc1ccnc(N2CCN(C(=O)CCCn3c(=O)cc(C)n3-c3ccccc3)CC2)c1. The number of para-hydroxylation sites is 1. The first-order valence-corrected chi connectivity index (χ1v) is 10.8. The third-order valence-corrected chi connectivity index (χ3v) is 5.78. The maximum atomic E-state index is 12.7. The fraction of sp³-hybridized carbons (Fsp3) is 0.375. The maximum Gasteiger partial charge on any atom is 0.267 e. The van der Waals surface area contributed by atoms with Crippen LogP contribution in [0.2, 0.25) is 0 Å². The van der Waals surface area contributed by atoms with Crippen LogP contribution in [0.5, 0.6) is 0 Å². The fourth-order valence-electron chi connectivity index (χ4n) is 4.14. The van der Waals surface area contributed by atoms with E-state index < -0.39 is 0 Å². The van der Waals surface area contributed by atoms with E-state index in [1.54, 1.807) is 10.7 Å². The molecule has 3 heterocycles. The van der Waals surface area contributed by atoms with Crippen molar-refractivity contribution in [1.29, 1.82) is 0 Å². The molecular formula is C24H29N5O2. The first-order valence-electron chi connectivity index (χ1n) is 10.8. The second kappa shape index (κ2) is 9.20. The summed E-state index contributed by atoms with van der Waals surface area (Å²) in [7, 11) is 0. The first-order chi connectivity index (χ1) is 15.0. The predicted molar refractivity (Wildman–Crippen MR) is 122 cm³/mol. The minimum atomic E-state index is -0.0342. The fourth-order valence-corrected chi connectivity index (χ4v) is 4.14. The van der Waals surface area contributed by atoms with Gasteiger partial charge in [0, 0.05) is 57.1 Å². The molecule has 0 radical (unpaired) electrons. The minimum absolute atomic E-state index is 0.0342. The van der Waals surface area contributed by atoms with Crippen molar-refractivity contribution in [2.45, 2.75) is 33.2 Å². The van der Waals surface area contributed by atoms with Crippen LogP contribution in [0.1, 0.15) is 24.1 Å². The highest BCUT2D eigenvalue weighted by Crippen LogP contribution is 2.16. The van der Waals surface area contributed by atoms with Crippen molar-refractivity contribution in [3.05, 3.63) is 76.3 Å². The van der Waals surface area contributed by atoms with Crippen molar-refractivity contribution in [2.24, 2.45) is 0 Å². The van der Waals surface area contributed by atoms with Crippen molar-refractivity contribution < 1.29 is 4.79 Å². The number of rotatable bonds is 6. The molecule has 0 spiro atoms. The lowest BCUT2D eigenvalue weighted by Gasteiger charge is -2.35. The summed E-state index contributed by atoms with van der Waals surface area (Å²) in [6.07, 6.45) is 2.90. The van der Waals surface area contributed by atoms with Crippen LogP contribution in [0.25, 0.3) is 5.69 Å². The van der Waals surface area contributed by atoms with E-state index in [0.717, 1.165) is 30.3 Å². The molecule has 1 amide bonds. The average Bonchev–Trinajstić information content (AvgIpc) is 3.07. The van der Waals surface area contributed by atoms with Crippen LogP contribution in [-0.4, -0.2) is 51.3 Å². The standard InChI is InChI=1S/C24H29N5O2/c1-19-10-11-25-22(17-19)26-13-15-27(16-14-26)23(30)9-6-12-28-24(31)18-20(2)29(28)21-7-4-3-5-8-21/h3-5,7-8,10-11,17-18H,6,9,12-16H2,1-2H3. The van der Waals surface area contributed by atoms with E-state index in [9.17, 15) is 9.59 Å². The number of pyridine rings is 1. The Balaban J connectivity index is 1.32. The topological polar surface area (TPSA) is 63.4 Å². The molecular weight excluding hydrogens is 390 g/mol. The van der Waals surface area contributed by atoms with Gasteiger partial charge in [0.2, 0.25) is 5.91 Å². The summed E-state index contributed by atoms with van der Waals surface area (Å²) < 4.78 is 3.65. The molecule has 31 heavy (non-hydrogen) atoms. The summed E-state index contributed by atoms with van der Waals surface area (Å²) in [6, 6.07) is 15.6. The van der Waals surface area contributed by atoms with Gasteiger partial charge >= 0.3 is 0 Å². The van der Waals surface area contributed by atoms with Crippen molar-refractivity contribution in [2.75, 3.05) is 31.1 Å². The number of aryl methyl sites for hydroxylation is 2. The number of amides is 1. The highest BCUT2D eigenvalue weighted by Gasteiger charge is 2.22. The number of nitrogens with zero attached hydrogens (tertiary/aromatic N) is 5. The molecule has 162 valence electrons. The highest BCUT2D eigenvalue weighted by atomic mass is 16.2. The zero-order chi connectivity index (χ0) is 21.8. The lowest BCUT2D eigenvalue weighted by molar-refractivity contribution is -0.131. The summed E-state index contributed by atoms with van der Waals surface area (Å²) in [6.45, 7) is 7.49. The Bertz CT molecular complexity index is 1090. The Morgan fingerprint density at radius 2 is 1.74 bits per heavy atom. The Labute approximate surface area is 182 Å². The molecule has 0 aliphatic carbocycles. The number of anilines is 1. The number of carbonyl (C=O) groups is 1. The lowest BCUT2D eigenvalue weighted by atomic mass is 10.2. The van der Waals surface area contributed by atoms with Crippen LogP contribution in [-0.2, 0) is 11.3 Å². The molecule has 0 N–H and O–H groups in total. The van der Waals surface area contributed by atoms with E-state index >= 15 is 0 Å². The van der Waals surface area contributed by atoms with E-state index in [4.69, 9.17) is 0 Å². The van der Waals surface area contributed by atoms with Gasteiger partial charge in [0.1, 0.15) is 5.82 Å². The Hall–Kier alpha value is -3.35. The van der Waals surface area contributed by atoms with Crippen LogP contribution >= 0.6 is 0 Å². The molecule has 1 fully saturated rings. The molecule has 0 unspecified atom stereocenters. The number of piperazine rings is 1. The van der Waals surface area contributed by atoms with Crippen LogP contribution in [0.4, 0.5) is 5.82 Å². The third-order valence-electron chi connectivity index (χ3n) is 5.78. The van der Waals surface area contributed by atoms with Crippen LogP contribution < -0.4 is 10.5 Å². The van der Waals surface area contributed by atoms with Gasteiger partial charge < -0.3 is 9.80 Å². The van der Waals surface area contributed by atoms with Gasteiger partial charge in [-0.05, 0) is 50.1 Å². The second-order valence-corrected chi connectivity index (χ2v) is 8.06. The molecule has 0 atom stereocenters. The molecule has 1 saturated heterocycles. The molecule has 0 bridgehead atoms. The molecule has 1 aromatic carbocycles. The quantitative estimate of drug-likeness (QED) is 0.616. The zero-order valence-electron chi connectivity index (χ0n) is 18.2. The number of hydrogen-bond acceptors (Lipinski definition) is 4. The van der Waals surface area contributed by atoms with Gasteiger partial charge in [-0.15, -0.1) is 0 Å². The molecule has 1 aliphatic rings. The van der Waals surface area contributed by atoms with Crippen molar-refractivity contribution in [3.8, 4) is 5.69 Å².